The zero-order valence-corrected chi connectivity index (χ0v) is 13.1. The Hall–Kier alpha value is -3.20. The van der Waals surface area contributed by atoms with Gasteiger partial charge in [-0.25, -0.2) is 4.99 Å². The summed E-state index contributed by atoms with van der Waals surface area (Å²) in [5.74, 6) is -0.0893. The average molecular weight is 315 g/mol. The molecule has 0 saturated heterocycles. The van der Waals surface area contributed by atoms with Crippen LogP contribution in [-0.4, -0.2) is 17.2 Å². The van der Waals surface area contributed by atoms with Crippen LogP contribution in [0.3, 0.4) is 0 Å². The molecule has 3 aromatic rings. The van der Waals surface area contributed by atoms with Crippen molar-refractivity contribution in [2.75, 3.05) is 0 Å². The molecular weight excluding hydrogens is 298 g/mol. The van der Waals surface area contributed by atoms with Gasteiger partial charge in [0.05, 0.1) is 6.42 Å². The van der Waals surface area contributed by atoms with Crippen molar-refractivity contribution in [3.05, 3.63) is 90.0 Å². The van der Waals surface area contributed by atoms with Gasteiger partial charge in [0, 0.05) is 6.21 Å². The van der Waals surface area contributed by atoms with E-state index in [0.29, 0.717) is 0 Å². The van der Waals surface area contributed by atoms with Crippen molar-refractivity contribution in [1.29, 1.82) is 0 Å². The predicted molar refractivity (Wildman–Crippen MR) is 96.3 cm³/mol. The summed E-state index contributed by atoms with van der Waals surface area (Å²) in [5.41, 5.74) is 3.90. The zero-order valence-electron chi connectivity index (χ0n) is 13.1. The SMILES string of the molecule is O=C(Cc1cccc(O)c1)N=Cc1ccc(-c2ccccc2)cc1. The van der Waals surface area contributed by atoms with Crippen LogP contribution >= 0.6 is 0 Å². The Morgan fingerprint density at radius 3 is 2.29 bits per heavy atom. The van der Waals surface area contributed by atoms with E-state index in [2.05, 4.69) is 17.1 Å². The number of phenolic OH excluding ortho intramolecular Hbond substituents is 1. The molecule has 0 spiro atoms. The van der Waals surface area contributed by atoms with E-state index in [1.807, 2.05) is 42.5 Å². The minimum absolute atomic E-state index is 0.154. The number of amides is 1. The highest BCUT2D eigenvalue weighted by Gasteiger charge is 2.02. The van der Waals surface area contributed by atoms with E-state index in [9.17, 15) is 9.90 Å². The molecule has 3 aromatic carbocycles. The summed E-state index contributed by atoms with van der Waals surface area (Å²) >= 11 is 0. The molecule has 0 unspecified atom stereocenters. The number of aliphatic imine (C=N–C) groups is 1. The fourth-order valence-corrected chi connectivity index (χ4v) is 2.43. The van der Waals surface area contributed by atoms with E-state index in [1.165, 1.54) is 0 Å². The molecule has 0 aliphatic rings. The zero-order chi connectivity index (χ0) is 16.8. The van der Waals surface area contributed by atoms with Gasteiger partial charge in [-0.2, -0.15) is 0 Å². The van der Waals surface area contributed by atoms with Gasteiger partial charge >= 0.3 is 0 Å². The maximum Gasteiger partial charge on any atom is 0.250 e. The van der Waals surface area contributed by atoms with Gasteiger partial charge in [0.15, 0.2) is 0 Å². The average Bonchev–Trinajstić information content (AvgIpc) is 2.61. The number of rotatable bonds is 4. The number of phenols is 1. The molecular formula is C21H17NO2. The molecule has 0 atom stereocenters. The van der Waals surface area contributed by atoms with Crippen molar-refractivity contribution in [1.82, 2.24) is 0 Å². The van der Waals surface area contributed by atoms with Gasteiger partial charge in [0.1, 0.15) is 5.75 Å². The minimum Gasteiger partial charge on any atom is -0.508 e. The molecule has 0 bridgehead atoms. The second kappa shape index (κ2) is 7.38. The number of benzene rings is 3. The highest BCUT2D eigenvalue weighted by atomic mass is 16.3. The quantitative estimate of drug-likeness (QED) is 0.732. The number of hydrogen-bond acceptors (Lipinski definition) is 2. The number of nitrogens with zero attached hydrogens (tertiary/aromatic N) is 1. The van der Waals surface area contributed by atoms with Gasteiger partial charge in [0.25, 0.3) is 0 Å². The van der Waals surface area contributed by atoms with Crippen LogP contribution in [-0.2, 0) is 11.2 Å². The Kier molecular flexibility index (Phi) is 4.82. The second-order valence-corrected chi connectivity index (χ2v) is 5.49. The maximum atomic E-state index is 11.9. The van der Waals surface area contributed by atoms with Crippen LogP contribution in [0.15, 0.2) is 83.9 Å². The lowest BCUT2D eigenvalue weighted by Crippen LogP contribution is -1.99. The summed E-state index contributed by atoms with van der Waals surface area (Å²) in [7, 11) is 0. The Morgan fingerprint density at radius 1 is 0.875 bits per heavy atom. The van der Waals surface area contributed by atoms with Crippen LogP contribution in [0.2, 0.25) is 0 Å². The smallest absolute Gasteiger partial charge is 0.250 e. The molecule has 0 aliphatic carbocycles. The first-order valence-electron chi connectivity index (χ1n) is 7.71. The molecule has 1 amide bonds. The molecule has 0 radical (unpaired) electrons. The second-order valence-electron chi connectivity index (χ2n) is 5.49. The molecule has 0 aliphatic heterocycles. The Balaban J connectivity index is 1.65. The van der Waals surface area contributed by atoms with E-state index in [0.717, 1.165) is 22.3 Å². The van der Waals surface area contributed by atoms with Gasteiger partial charge in [-0.05, 0) is 34.4 Å². The van der Waals surface area contributed by atoms with Crippen molar-refractivity contribution in [3.8, 4) is 16.9 Å². The molecule has 0 saturated carbocycles. The summed E-state index contributed by atoms with van der Waals surface area (Å²) in [4.78, 5) is 15.9. The molecule has 0 fully saturated rings. The lowest BCUT2D eigenvalue weighted by Gasteiger charge is -2.01. The monoisotopic (exact) mass is 315 g/mol. The third kappa shape index (κ3) is 4.17. The molecule has 3 heteroatoms. The maximum absolute atomic E-state index is 11.9. The fraction of sp³-hybridized carbons (Fsp3) is 0.0476. The summed E-state index contributed by atoms with van der Waals surface area (Å²) in [6.07, 6.45) is 1.74. The van der Waals surface area contributed by atoms with Gasteiger partial charge in [-0.1, -0.05) is 66.7 Å². The normalized spacial score (nSPS) is 10.8. The van der Waals surface area contributed by atoms with Crippen LogP contribution in [0.5, 0.6) is 5.75 Å². The summed E-state index contributed by atoms with van der Waals surface area (Å²) < 4.78 is 0. The topological polar surface area (TPSA) is 49.7 Å². The Bertz CT molecular complexity index is 853. The van der Waals surface area contributed by atoms with Crippen LogP contribution in [0.25, 0.3) is 11.1 Å². The molecule has 1 N–H and O–H groups in total. The first-order chi connectivity index (χ1) is 11.7. The van der Waals surface area contributed by atoms with Crippen LogP contribution < -0.4 is 0 Å². The van der Waals surface area contributed by atoms with Crippen LogP contribution in [0, 0.1) is 0 Å². The van der Waals surface area contributed by atoms with Crippen molar-refractivity contribution in [3.63, 3.8) is 0 Å². The van der Waals surface area contributed by atoms with Crippen LogP contribution in [0.1, 0.15) is 11.1 Å². The minimum atomic E-state index is -0.243. The van der Waals surface area contributed by atoms with Gasteiger partial charge in [-0.15, -0.1) is 0 Å². The third-order valence-corrected chi connectivity index (χ3v) is 3.64. The van der Waals surface area contributed by atoms with E-state index >= 15 is 0 Å². The fourth-order valence-electron chi connectivity index (χ4n) is 2.43. The largest absolute Gasteiger partial charge is 0.508 e. The van der Waals surface area contributed by atoms with E-state index in [4.69, 9.17) is 0 Å². The standard InChI is InChI=1S/C21H17NO2/c23-20-8-4-5-17(13-20)14-21(24)22-15-16-9-11-19(12-10-16)18-6-2-1-3-7-18/h1-13,15,23H,14H2. The summed E-state index contributed by atoms with van der Waals surface area (Å²) in [6, 6.07) is 24.7. The van der Waals surface area contributed by atoms with Gasteiger partial charge in [0.2, 0.25) is 5.91 Å². The number of carbonyl (C=O) groups excluding carboxylic acids is 1. The van der Waals surface area contributed by atoms with Crippen LogP contribution in [0.4, 0.5) is 0 Å². The first kappa shape index (κ1) is 15.7. The van der Waals surface area contributed by atoms with Crippen molar-refractivity contribution in [2.45, 2.75) is 6.42 Å². The first-order valence-corrected chi connectivity index (χ1v) is 7.71. The van der Waals surface area contributed by atoms with E-state index in [1.54, 1.807) is 30.5 Å². The third-order valence-electron chi connectivity index (χ3n) is 3.64. The Labute approximate surface area is 140 Å². The van der Waals surface area contributed by atoms with Gasteiger partial charge in [-0.3, -0.25) is 4.79 Å². The van der Waals surface area contributed by atoms with Crippen molar-refractivity contribution >= 4 is 12.1 Å². The molecule has 24 heavy (non-hydrogen) atoms. The molecule has 0 heterocycles. The lowest BCUT2D eigenvalue weighted by molar-refractivity contribution is -0.117. The Morgan fingerprint density at radius 2 is 1.58 bits per heavy atom. The lowest BCUT2D eigenvalue weighted by atomic mass is 10.0. The molecule has 3 nitrogen and oxygen atoms in total. The van der Waals surface area contributed by atoms with Crippen molar-refractivity contribution in [2.24, 2.45) is 4.99 Å². The highest BCUT2D eigenvalue weighted by molar-refractivity contribution is 5.93. The number of aromatic hydroxyl groups is 1. The van der Waals surface area contributed by atoms with E-state index < -0.39 is 0 Å². The number of hydrogen-bond donors (Lipinski definition) is 1. The summed E-state index contributed by atoms with van der Waals surface area (Å²) in [5, 5.41) is 9.40. The van der Waals surface area contributed by atoms with E-state index in [-0.39, 0.29) is 18.1 Å². The highest BCUT2D eigenvalue weighted by Crippen LogP contribution is 2.18. The van der Waals surface area contributed by atoms with Gasteiger partial charge < -0.3 is 5.11 Å². The number of carbonyl (C=O) groups is 1. The molecule has 3 rings (SSSR count). The van der Waals surface area contributed by atoms with Crippen molar-refractivity contribution < 1.29 is 9.90 Å². The summed E-state index contributed by atoms with van der Waals surface area (Å²) in [6.45, 7) is 0. The molecule has 0 aromatic heterocycles. The molecule has 118 valence electrons. The predicted octanol–water partition coefficient (Wildman–Crippen LogP) is 4.25.